The van der Waals surface area contributed by atoms with Gasteiger partial charge in [0.15, 0.2) is 0 Å². The first-order chi connectivity index (χ1) is 18.9. The first kappa shape index (κ1) is 39.6. The summed E-state index contributed by atoms with van der Waals surface area (Å²) in [5.41, 5.74) is 3.48. The predicted octanol–water partition coefficient (Wildman–Crippen LogP) is 5.40. The van der Waals surface area contributed by atoms with Crippen LogP contribution in [0.4, 0.5) is 0 Å². The molecule has 0 aliphatic heterocycles. The maximum absolute atomic E-state index is 3.40. The van der Waals surface area contributed by atoms with E-state index < -0.39 is 0 Å². The van der Waals surface area contributed by atoms with Crippen molar-refractivity contribution in [2.75, 3.05) is 0 Å². The summed E-state index contributed by atoms with van der Waals surface area (Å²) in [5, 5.41) is 0. The zero-order valence-corrected chi connectivity index (χ0v) is 33.4. The molecule has 2 fully saturated rings. The van der Waals surface area contributed by atoms with Gasteiger partial charge < -0.3 is 31.2 Å². The first-order valence-electron chi connectivity index (χ1n) is 16.2. The molecule has 0 N–H and O–H groups in total. The van der Waals surface area contributed by atoms with Crippen LogP contribution in [-0.4, -0.2) is 0 Å². The number of allylic oxidation sites excluding steroid dienone is 16. The second kappa shape index (κ2) is 12.4. The molecule has 2 saturated carbocycles. The number of rotatable bonds is 2. The molecule has 0 saturated heterocycles. The van der Waals surface area contributed by atoms with Gasteiger partial charge in [0.1, 0.15) is 0 Å². The number of hydrogen-bond donors (Lipinski definition) is 0. The molecule has 0 aromatic heterocycles. The Bertz CT molecular complexity index is 1350. The molecule has 0 spiro atoms. The molecule has 0 aromatic carbocycles. The molecular formula is C41H56Cl2Zr. The number of hydrogen-bond acceptors (Lipinski definition) is 0. The van der Waals surface area contributed by atoms with Gasteiger partial charge in [0.25, 0.3) is 0 Å². The summed E-state index contributed by atoms with van der Waals surface area (Å²) in [7, 11) is 0. The molecule has 0 bridgehead atoms. The second-order valence-electron chi connectivity index (χ2n) is 16.3. The fraction of sp³-hybridized carbons (Fsp3) is 0.585. The van der Waals surface area contributed by atoms with E-state index in [0.717, 1.165) is 0 Å². The molecule has 0 nitrogen and oxygen atoms in total. The Labute approximate surface area is 302 Å². The van der Waals surface area contributed by atoms with Crippen molar-refractivity contribution in [1.29, 1.82) is 0 Å². The zero-order valence-electron chi connectivity index (χ0n) is 29.4. The van der Waals surface area contributed by atoms with Crippen LogP contribution < -0.4 is 24.8 Å². The van der Waals surface area contributed by atoms with Crippen LogP contribution in [0.25, 0.3) is 0 Å². The molecule has 9 unspecified atom stereocenters. The van der Waals surface area contributed by atoms with Gasteiger partial charge in [-0.05, 0) is 28.6 Å². The normalized spacial score (nSPS) is 45.2. The van der Waals surface area contributed by atoms with Crippen LogP contribution in [0.3, 0.4) is 0 Å². The molecule has 0 heterocycles. The third kappa shape index (κ3) is 4.58. The standard InChI is InChI=1S/C29H37.C12H19.2ClH.Zr/c1-21-14-13-15-22-20-27(6)25(4)18-10-9-16-23(25,2)24(3)17-11-12-19-26(24,5)29(27,8)28(21,22)7;1-5-6-10-7-8-11(9-10)12(2,3)4;;;/h9-20,22H,1-8H3;8-10H,5-6H2,1-4H3;2*1H;/q2*-1;;;+4/p-2. The van der Waals surface area contributed by atoms with Gasteiger partial charge in [0, 0.05) is 10.8 Å². The van der Waals surface area contributed by atoms with Gasteiger partial charge >= 0.3 is 26.2 Å². The van der Waals surface area contributed by atoms with Gasteiger partial charge in [-0.3, -0.25) is 6.08 Å². The minimum absolute atomic E-state index is 0. The van der Waals surface area contributed by atoms with E-state index in [1.54, 1.807) is 0 Å². The van der Waals surface area contributed by atoms with Crippen molar-refractivity contribution in [3.05, 3.63) is 103 Å². The molecule has 0 radical (unpaired) electrons. The van der Waals surface area contributed by atoms with Crippen molar-refractivity contribution in [3.8, 4) is 0 Å². The Kier molecular flexibility index (Phi) is 11.2. The molecule has 3 heteroatoms. The van der Waals surface area contributed by atoms with Gasteiger partial charge in [0.05, 0.1) is 0 Å². The van der Waals surface area contributed by atoms with Crippen molar-refractivity contribution in [1.82, 2.24) is 0 Å². The monoisotopic (exact) mass is 708 g/mol. The van der Waals surface area contributed by atoms with Gasteiger partial charge in [0.2, 0.25) is 0 Å². The Hall–Kier alpha value is -0.617. The van der Waals surface area contributed by atoms with Crippen LogP contribution in [0.15, 0.2) is 90.1 Å². The Morgan fingerprint density at radius 2 is 1.27 bits per heavy atom. The average molecular weight is 711 g/mol. The van der Waals surface area contributed by atoms with Crippen LogP contribution >= 0.6 is 0 Å². The zero-order chi connectivity index (χ0) is 30.3. The summed E-state index contributed by atoms with van der Waals surface area (Å²) < 4.78 is 0. The minimum Gasteiger partial charge on any atom is -1.00 e. The van der Waals surface area contributed by atoms with Gasteiger partial charge in [-0.25, -0.2) is 6.08 Å². The van der Waals surface area contributed by atoms with Crippen molar-refractivity contribution < 1.29 is 51.0 Å². The molecule has 6 rings (SSSR count). The summed E-state index contributed by atoms with van der Waals surface area (Å²) in [4.78, 5) is 0. The van der Waals surface area contributed by atoms with Crippen molar-refractivity contribution in [2.45, 2.75) is 95.9 Å². The first-order valence-corrected chi connectivity index (χ1v) is 16.2. The van der Waals surface area contributed by atoms with Crippen LogP contribution in [0.2, 0.25) is 0 Å². The topological polar surface area (TPSA) is 0 Å². The van der Waals surface area contributed by atoms with Crippen LogP contribution in [0.1, 0.15) is 95.9 Å². The Morgan fingerprint density at radius 3 is 1.77 bits per heavy atom. The third-order valence-electron chi connectivity index (χ3n) is 14.3. The maximum Gasteiger partial charge on any atom is 4.00 e. The van der Waals surface area contributed by atoms with Crippen LogP contribution in [0, 0.1) is 67.7 Å². The summed E-state index contributed by atoms with van der Waals surface area (Å²) in [6.07, 6.45) is 39.7. The summed E-state index contributed by atoms with van der Waals surface area (Å²) in [5.74, 6) is 1.05. The molecule has 0 amide bonds. The van der Waals surface area contributed by atoms with Crippen LogP contribution in [0.5, 0.6) is 0 Å². The smallest absolute Gasteiger partial charge is 1.00 e. The number of halogens is 2. The summed E-state index contributed by atoms with van der Waals surface area (Å²) in [6, 6.07) is 0. The van der Waals surface area contributed by atoms with E-state index in [9.17, 15) is 0 Å². The largest absolute Gasteiger partial charge is 4.00 e. The molecule has 238 valence electrons. The van der Waals surface area contributed by atoms with E-state index in [1.807, 2.05) is 0 Å². The van der Waals surface area contributed by atoms with E-state index in [0.29, 0.717) is 17.3 Å². The quantitative estimate of drug-likeness (QED) is 0.337. The second-order valence-corrected chi connectivity index (χ2v) is 16.3. The van der Waals surface area contributed by atoms with E-state index >= 15 is 0 Å². The van der Waals surface area contributed by atoms with Gasteiger partial charge in [-0.2, -0.15) is 11.6 Å². The summed E-state index contributed by atoms with van der Waals surface area (Å²) in [6.45, 7) is 29.3. The van der Waals surface area contributed by atoms with E-state index in [-0.39, 0.29) is 88.9 Å². The predicted molar refractivity (Wildman–Crippen MR) is 178 cm³/mol. The Balaban J connectivity index is 0.000000386. The van der Waals surface area contributed by atoms with Crippen LogP contribution in [-0.2, 0) is 26.2 Å². The molecular weight excluding hydrogens is 655 g/mol. The maximum atomic E-state index is 3.40. The minimum atomic E-state index is 0. The molecule has 6 aliphatic rings. The summed E-state index contributed by atoms with van der Waals surface area (Å²) >= 11 is 0. The van der Waals surface area contributed by atoms with Crippen molar-refractivity contribution >= 4 is 0 Å². The van der Waals surface area contributed by atoms with Gasteiger partial charge in [-0.15, -0.1) is 17.4 Å². The van der Waals surface area contributed by atoms with E-state index in [1.165, 1.54) is 24.0 Å². The molecule has 44 heavy (non-hydrogen) atoms. The van der Waals surface area contributed by atoms with Crippen molar-refractivity contribution in [2.24, 2.45) is 55.2 Å². The molecule has 9 atom stereocenters. The Morgan fingerprint density at radius 1 is 0.773 bits per heavy atom. The van der Waals surface area contributed by atoms with Gasteiger partial charge in [-0.1, -0.05) is 167 Å². The van der Waals surface area contributed by atoms with Crippen molar-refractivity contribution in [3.63, 3.8) is 0 Å². The fourth-order valence-corrected chi connectivity index (χ4v) is 10.7. The molecule has 6 aliphatic carbocycles. The number of fused-ring (bicyclic) bond motifs is 8. The fourth-order valence-electron chi connectivity index (χ4n) is 10.7. The average Bonchev–Trinajstić information content (AvgIpc) is 3.46. The third-order valence-corrected chi connectivity index (χ3v) is 14.3. The SMILES string of the molecule is CC1=CC=CC2[CH-]C3(C)C4(C)C=CC=CC4(C)C4(C)C=CC=CC4(C)C3(C)C12C.CCCC1[C-]=CC(C(C)(C)C)=C1.[Cl-].[Cl-].[Zr+4]. The molecule has 0 aromatic rings. The van der Waals surface area contributed by atoms with E-state index in [2.05, 4.69) is 175 Å². The van der Waals surface area contributed by atoms with E-state index in [4.69, 9.17) is 0 Å².